The first-order valence-corrected chi connectivity index (χ1v) is 5.15. The monoisotopic (exact) mass is 231 g/mol. The van der Waals surface area contributed by atoms with Crippen molar-refractivity contribution in [3.8, 4) is 5.75 Å². The minimum atomic E-state index is -0.424. The van der Waals surface area contributed by atoms with Gasteiger partial charge in [-0.05, 0) is 23.6 Å². The van der Waals surface area contributed by atoms with Crippen molar-refractivity contribution >= 4 is 22.5 Å². The number of methoxy groups -OCH3 is 1. The smallest absolute Gasteiger partial charge is 0.236 e. The number of primary amides is 1. The number of nitrogens with zero attached hydrogens (tertiary/aromatic N) is 1. The number of carbonyl (C=O) groups excluding carboxylic acids is 1. The molecule has 1 heterocycles. The summed E-state index contributed by atoms with van der Waals surface area (Å²) in [5.74, 6) is 0.944. The molecule has 1 aromatic heterocycles. The van der Waals surface area contributed by atoms with Crippen LogP contribution >= 0.6 is 0 Å². The molecule has 0 bridgehead atoms. The summed E-state index contributed by atoms with van der Waals surface area (Å²) >= 11 is 0. The number of hydrogen-bond acceptors (Lipinski definition) is 4. The molecule has 0 aliphatic carbocycles. The minimum absolute atomic E-state index is 0.0589. The normalized spacial score (nSPS) is 10.2. The van der Waals surface area contributed by atoms with Crippen LogP contribution in [-0.2, 0) is 4.79 Å². The summed E-state index contributed by atoms with van der Waals surface area (Å²) in [4.78, 5) is 14.9. The molecule has 3 N–H and O–H groups in total. The highest BCUT2D eigenvalue weighted by atomic mass is 16.5. The molecule has 88 valence electrons. The van der Waals surface area contributed by atoms with E-state index in [1.165, 1.54) is 0 Å². The van der Waals surface area contributed by atoms with E-state index in [1.54, 1.807) is 13.3 Å². The topological polar surface area (TPSA) is 77.2 Å². The van der Waals surface area contributed by atoms with Crippen LogP contribution in [0.25, 0.3) is 10.8 Å². The summed E-state index contributed by atoms with van der Waals surface area (Å²) in [5.41, 5.74) is 5.09. The highest BCUT2D eigenvalue weighted by Gasteiger charge is 2.04. The lowest BCUT2D eigenvalue weighted by molar-refractivity contribution is -0.116. The van der Waals surface area contributed by atoms with Gasteiger partial charge in [0.05, 0.1) is 13.7 Å². The fourth-order valence-electron chi connectivity index (χ4n) is 1.59. The largest absolute Gasteiger partial charge is 0.497 e. The number of nitrogens with one attached hydrogen (secondary N) is 1. The third-order valence-electron chi connectivity index (χ3n) is 2.40. The van der Waals surface area contributed by atoms with E-state index in [1.807, 2.05) is 24.3 Å². The molecule has 0 radical (unpaired) electrons. The molecule has 0 saturated carbocycles. The van der Waals surface area contributed by atoms with E-state index in [2.05, 4.69) is 10.3 Å². The Bertz CT molecular complexity index is 554. The molecule has 0 saturated heterocycles. The fraction of sp³-hybridized carbons (Fsp3) is 0.167. The van der Waals surface area contributed by atoms with Gasteiger partial charge in [-0.25, -0.2) is 4.98 Å². The summed E-state index contributed by atoms with van der Waals surface area (Å²) < 4.78 is 5.16. The highest BCUT2D eigenvalue weighted by Crippen LogP contribution is 2.25. The van der Waals surface area contributed by atoms with Crippen molar-refractivity contribution in [1.82, 2.24) is 4.98 Å². The number of amides is 1. The van der Waals surface area contributed by atoms with Gasteiger partial charge in [-0.15, -0.1) is 0 Å². The van der Waals surface area contributed by atoms with Gasteiger partial charge in [0.2, 0.25) is 5.91 Å². The van der Waals surface area contributed by atoms with E-state index >= 15 is 0 Å². The van der Waals surface area contributed by atoms with Crippen molar-refractivity contribution < 1.29 is 9.53 Å². The van der Waals surface area contributed by atoms with Gasteiger partial charge < -0.3 is 15.8 Å². The maximum absolute atomic E-state index is 10.7. The maximum Gasteiger partial charge on any atom is 0.236 e. The molecule has 0 fully saturated rings. The third kappa shape index (κ3) is 2.44. The molecule has 5 heteroatoms. The first-order chi connectivity index (χ1) is 8.20. The molecule has 0 spiro atoms. The minimum Gasteiger partial charge on any atom is -0.497 e. The van der Waals surface area contributed by atoms with Gasteiger partial charge in [0, 0.05) is 11.6 Å². The first-order valence-electron chi connectivity index (χ1n) is 5.15. The number of pyridine rings is 1. The molecule has 0 aliphatic heterocycles. The van der Waals surface area contributed by atoms with Crippen LogP contribution in [0.4, 0.5) is 5.82 Å². The van der Waals surface area contributed by atoms with Crippen molar-refractivity contribution in [3.05, 3.63) is 30.5 Å². The molecule has 2 rings (SSSR count). The predicted molar refractivity (Wildman–Crippen MR) is 66.0 cm³/mol. The van der Waals surface area contributed by atoms with E-state index in [0.717, 1.165) is 16.5 Å². The lowest BCUT2D eigenvalue weighted by atomic mass is 10.1. The molecule has 2 aromatic rings. The van der Waals surface area contributed by atoms with Crippen LogP contribution in [0.15, 0.2) is 30.5 Å². The third-order valence-corrected chi connectivity index (χ3v) is 2.40. The average Bonchev–Trinajstić information content (AvgIpc) is 2.35. The summed E-state index contributed by atoms with van der Waals surface area (Å²) in [7, 11) is 1.61. The van der Waals surface area contributed by atoms with Crippen molar-refractivity contribution in [2.45, 2.75) is 0 Å². The Balaban J connectivity index is 2.43. The van der Waals surface area contributed by atoms with Gasteiger partial charge in [-0.2, -0.15) is 0 Å². The Labute approximate surface area is 98.6 Å². The highest BCUT2D eigenvalue weighted by molar-refractivity contribution is 5.93. The average molecular weight is 231 g/mol. The van der Waals surface area contributed by atoms with Gasteiger partial charge in [-0.3, -0.25) is 4.79 Å². The molecule has 0 atom stereocenters. The van der Waals surface area contributed by atoms with Gasteiger partial charge in [-0.1, -0.05) is 6.07 Å². The fourth-order valence-corrected chi connectivity index (χ4v) is 1.59. The Morgan fingerprint density at radius 2 is 2.29 bits per heavy atom. The lowest BCUT2D eigenvalue weighted by Crippen LogP contribution is -2.22. The zero-order chi connectivity index (χ0) is 12.3. The second-order valence-corrected chi connectivity index (χ2v) is 3.57. The van der Waals surface area contributed by atoms with Crippen molar-refractivity contribution in [3.63, 3.8) is 0 Å². The van der Waals surface area contributed by atoms with Crippen LogP contribution < -0.4 is 15.8 Å². The molecule has 5 nitrogen and oxygen atoms in total. The van der Waals surface area contributed by atoms with Crippen molar-refractivity contribution in [1.29, 1.82) is 0 Å². The summed E-state index contributed by atoms with van der Waals surface area (Å²) in [5, 5.41) is 4.81. The number of benzene rings is 1. The zero-order valence-corrected chi connectivity index (χ0v) is 9.43. The quantitative estimate of drug-likeness (QED) is 0.827. The standard InChI is InChI=1S/C12H13N3O2/c1-17-9-3-2-8-4-5-14-12(10(8)6-9)15-7-11(13)16/h2-6H,7H2,1H3,(H2,13,16)(H,14,15). The van der Waals surface area contributed by atoms with Gasteiger partial charge >= 0.3 is 0 Å². The number of carbonyl (C=O) groups is 1. The van der Waals surface area contributed by atoms with E-state index in [4.69, 9.17) is 10.5 Å². The zero-order valence-electron chi connectivity index (χ0n) is 9.43. The summed E-state index contributed by atoms with van der Waals surface area (Å²) in [6, 6.07) is 7.57. The molecule has 1 aromatic carbocycles. The number of hydrogen-bond donors (Lipinski definition) is 2. The Kier molecular flexibility index (Phi) is 3.09. The van der Waals surface area contributed by atoms with E-state index < -0.39 is 5.91 Å². The molecular formula is C12H13N3O2. The van der Waals surface area contributed by atoms with Crippen molar-refractivity contribution in [2.75, 3.05) is 19.0 Å². The van der Waals surface area contributed by atoms with Crippen molar-refractivity contribution in [2.24, 2.45) is 5.73 Å². The second-order valence-electron chi connectivity index (χ2n) is 3.57. The van der Waals surface area contributed by atoms with Gasteiger partial charge in [0.25, 0.3) is 0 Å². The number of anilines is 1. The number of nitrogens with two attached hydrogens (primary N) is 1. The molecule has 0 aliphatic rings. The number of fused-ring (bicyclic) bond motifs is 1. The van der Waals surface area contributed by atoms with Crippen LogP contribution in [0.2, 0.25) is 0 Å². The number of ether oxygens (including phenoxy) is 1. The van der Waals surface area contributed by atoms with E-state index in [9.17, 15) is 4.79 Å². The molecule has 0 unspecified atom stereocenters. The predicted octanol–water partition coefficient (Wildman–Crippen LogP) is 1.14. The molecule has 1 amide bonds. The molecular weight excluding hydrogens is 218 g/mol. The Hall–Kier alpha value is -2.30. The SMILES string of the molecule is COc1ccc2ccnc(NCC(N)=O)c2c1. The van der Waals surface area contributed by atoms with E-state index in [-0.39, 0.29) is 6.54 Å². The van der Waals surface area contributed by atoms with E-state index in [0.29, 0.717) is 5.82 Å². The summed E-state index contributed by atoms with van der Waals surface area (Å²) in [6.07, 6.45) is 1.68. The maximum atomic E-state index is 10.7. The number of aromatic nitrogens is 1. The molecule has 17 heavy (non-hydrogen) atoms. The Morgan fingerprint density at radius 1 is 1.47 bits per heavy atom. The second kappa shape index (κ2) is 4.69. The Morgan fingerprint density at radius 3 is 3.00 bits per heavy atom. The summed E-state index contributed by atoms with van der Waals surface area (Å²) in [6.45, 7) is 0.0589. The van der Waals surface area contributed by atoms with Gasteiger partial charge in [0.1, 0.15) is 11.6 Å². The van der Waals surface area contributed by atoms with Crippen LogP contribution in [-0.4, -0.2) is 24.5 Å². The van der Waals surface area contributed by atoms with Crippen LogP contribution in [0.3, 0.4) is 0 Å². The van der Waals surface area contributed by atoms with Crippen LogP contribution in [0.1, 0.15) is 0 Å². The van der Waals surface area contributed by atoms with Crippen LogP contribution in [0, 0.1) is 0 Å². The lowest BCUT2D eigenvalue weighted by Gasteiger charge is -2.08. The first kappa shape index (κ1) is 11.2. The number of rotatable bonds is 4. The van der Waals surface area contributed by atoms with Gasteiger partial charge in [0.15, 0.2) is 0 Å². The van der Waals surface area contributed by atoms with Crippen LogP contribution in [0.5, 0.6) is 5.75 Å².